The van der Waals surface area contributed by atoms with Crippen molar-refractivity contribution in [1.29, 1.82) is 0 Å². The van der Waals surface area contributed by atoms with E-state index in [1.165, 1.54) is 11.6 Å². The van der Waals surface area contributed by atoms with Gasteiger partial charge < -0.3 is 9.84 Å². The minimum atomic E-state index is -1.10. The van der Waals surface area contributed by atoms with Crippen LogP contribution in [-0.4, -0.2) is 23.1 Å². The molecule has 4 heteroatoms. The van der Waals surface area contributed by atoms with Crippen molar-refractivity contribution in [2.75, 3.05) is 0 Å². The van der Waals surface area contributed by atoms with E-state index in [1.54, 1.807) is 0 Å². The Bertz CT molecular complexity index is 632. The third-order valence-electron chi connectivity index (χ3n) is 7.27. The molecule has 3 rings (SSSR count). The summed E-state index contributed by atoms with van der Waals surface area (Å²) in [5, 5.41) is 9.83. The highest BCUT2D eigenvalue weighted by Crippen LogP contribution is 2.61. The van der Waals surface area contributed by atoms with Crippen LogP contribution in [0, 0.1) is 22.7 Å². The Labute approximate surface area is 144 Å². The average Bonchev–Trinajstić information content (AvgIpc) is 2.83. The summed E-state index contributed by atoms with van der Waals surface area (Å²) in [5.74, 6) is 0.580. The van der Waals surface area contributed by atoms with Crippen molar-refractivity contribution >= 4 is 11.8 Å². The molecule has 0 radical (unpaired) electrons. The normalized spacial score (nSPS) is 42.3. The molecule has 4 nitrogen and oxygen atoms in total. The zero-order valence-corrected chi connectivity index (χ0v) is 15.1. The standard InChI is InChI=1S/C20H28O4/c1-12-5-7-20(4)13(2)9-15(21)11-16(20)19(12,3)8-6-14-10-17(22)24-18(14)23/h9-10,12,16,18,23H,5-8,11H2,1-4H3/t12?,16-,18?,19-,20-/m0/s1. The first kappa shape index (κ1) is 17.4. The molecule has 1 fully saturated rings. The van der Waals surface area contributed by atoms with Gasteiger partial charge >= 0.3 is 5.97 Å². The average molecular weight is 332 g/mol. The molecule has 0 amide bonds. The first-order valence-corrected chi connectivity index (χ1v) is 8.97. The summed E-state index contributed by atoms with van der Waals surface area (Å²) < 4.78 is 4.79. The van der Waals surface area contributed by atoms with E-state index in [-0.39, 0.29) is 16.6 Å². The Balaban J connectivity index is 1.86. The van der Waals surface area contributed by atoms with Crippen molar-refractivity contribution < 1.29 is 19.4 Å². The van der Waals surface area contributed by atoms with E-state index in [9.17, 15) is 14.7 Å². The van der Waals surface area contributed by atoms with Crippen molar-refractivity contribution in [3.05, 3.63) is 23.3 Å². The van der Waals surface area contributed by atoms with Crippen molar-refractivity contribution in [1.82, 2.24) is 0 Å². The lowest BCUT2D eigenvalue weighted by molar-refractivity contribution is -0.151. The predicted molar refractivity (Wildman–Crippen MR) is 90.9 cm³/mol. The molecule has 0 aromatic rings. The second-order valence-corrected chi connectivity index (χ2v) is 8.42. The second kappa shape index (κ2) is 5.83. The SMILES string of the molecule is CC1=CC(=O)C[C@@H]2[C@@]1(C)CCC(C)[C@]2(C)CCC1=CC(=O)OC1O. The Kier molecular flexibility index (Phi) is 4.23. The number of hydrogen-bond donors (Lipinski definition) is 1. The number of ether oxygens (including phenoxy) is 1. The smallest absolute Gasteiger partial charge is 0.333 e. The van der Waals surface area contributed by atoms with Gasteiger partial charge in [-0.25, -0.2) is 4.79 Å². The molecule has 5 atom stereocenters. The summed E-state index contributed by atoms with van der Waals surface area (Å²) in [7, 11) is 0. The van der Waals surface area contributed by atoms with Crippen LogP contribution in [0.5, 0.6) is 0 Å². The summed E-state index contributed by atoms with van der Waals surface area (Å²) in [6, 6.07) is 0. The molecule has 1 heterocycles. The molecule has 1 N–H and O–H groups in total. The molecule has 1 aliphatic heterocycles. The number of aliphatic hydroxyl groups excluding tert-OH is 1. The maximum Gasteiger partial charge on any atom is 0.333 e. The van der Waals surface area contributed by atoms with E-state index in [4.69, 9.17) is 4.74 Å². The van der Waals surface area contributed by atoms with E-state index in [0.29, 0.717) is 30.3 Å². The molecular weight excluding hydrogens is 304 g/mol. The van der Waals surface area contributed by atoms with Gasteiger partial charge in [-0.15, -0.1) is 0 Å². The topological polar surface area (TPSA) is 63.6 Å². The number of allylic oxidation sites excluding steroid dienone is 2. The van der Waals surface area contributed by atoms with Crippen LogP contribution >= 0.6 is 0 Å². The summed E-state index contributed by atoms with van der Waals surface area (Å²) >= 11 is 0. The van der Waals surface area contributed by atoms with Crippen LogP contribution in [0.3, 0.4) is 0 Å². The molecule has 2 unspecified atom stereocenters. The molecule has 2 aliphatic carbocycles. The number of ketones is 1. The highest BCUT2D eigenvalue weighted by Gasteiger charge is 2.54. The fraction of sp³-hybridized carbons (Fsp3) is 0.700. The zero-order chi connectivity index (χ0) is 17.7. The van der Waals surface area contributed by atoms with Gasteiger partial charge in [0.2, 0.25) is 6.29 Å². The number of esters is 1. The maximum absolute atomic E-state index is 12.2. The van der Waals surface area contributed by atoms with E-state index >= 15 is 0 Å². The van der Waals surface area contributed by atoms with Crippen LogP contribution in [0.25, 0.3) is 0 Å². The van der Waals surface area contributed by atoms with Crippen LogP contribution < -0.4 is 0 Å². The number of fused-ring (bicyclic) bond motifs is 1. The van der Waals surface area contributed by atoms with Crippen LogP contribution in [-0.2, 0) is 14.3 Å². The van der Waals surface area contributed by atoms with E-state index in [0.717, 1.165) is 19.3 Å². The van der Waals surface area contributed by atoms with E-state index in [1.807, 2.05) is 6.08 Å². The van der Waals surface area contributed by atoms with Gasteiger partial charge in [0.15, 0.2) is 5.78 Å². The quantitative estimate of drug-likeness (QED) is 0.803. The molecule has 3 aliphatic rings. The highest BCUT2D eigenvalue weighted by atomic mass is 16.6. The number of cyclic esters (lactones) is 1. The number of carbonyl (C=O) groups is 2. The Morgan fingerprint density at radius 1 is 1.29 bits per heavy atom. The molecule has 0 spiro atoms. The second-order valence-electron chi connectivity index (χ2n) is 8.42. The Morgan fingerprint density at radius 2 is 2.00 bits per heavy atom. The van der Waals surface area contributed by atoms with Gasteiger partial charge in [-0.2, -0.15) is 0 Å². The lowest BCUT2D eigenvalue weighted by Crippen LogP contribution is -2.51. The van der Waals surface area contributed by atoms with Crippen molar-refractivity contribution in [2.45, 2.75) is 66.1 Å². The Hall–Kier alpha value is -1.42. The summed E-state index contributed by atoms with van der Waals surface area (Å²) in [5.41, 5.74) is 1.95. The molecule has 0 saturated heterocycles. The molecule has 0 bridgehead atoms. The summed E-state index contributed by atoms with van der Waals surface area (Å²) in [4.78, 5) is 23.5. The first-order valence-electron chi connectivity index (χ1n) is 8.97. The minimum Gasteiger partial charge on any atom is -0.429 e. The van der Waals surface area contributed by atoms with Crippen LogP contribution in [0.1, 0.15) is 59.8 Å². The molecule has 1 saturated carbocycles. The van der Waals surface area contributed by atoms with E-state index < -0.39 is 12.3 Å². The number of aliphatic hydroxyl groups is 1. The van der Waals surface area contributed by atoms with Crippen LogP contribution in [0.2, 0.25) is 0 Å². The lowest BCUT2D eigenvalue weighted by atomic mass is 9.47. The van der Waals surface area contributed by atoms with E-state index in [2.05, 4.69) is 27.7 Å². The number of hydrogen-bond acceptors (Lipinski definition) is 4. The van der Waals surface area contributed by atoms with Gasteiger partial charge in [0.25, 0.3) is 0 Å². The van der Waals surface area contributed by atoms with Crippen molar-refractivity contribution in [3.63, 3.8) is 0 Å². The van der Waals surface area contributed by atoms with Gasteiger partial charge in [0.1, 0.15) is 0 Å². The molecule has 0 aromatic heterocycles. The summed E-state index contributed by atoms with van der Waals surface area (Å²) in [6.45, 7) is 8.96. The monoisotopic (exact) mass is 332 g/mol. The number of rotatable bonds is 3. The highest BCUT2D eigenvalue weighted by molar-refractivity contribution is 5.92. The molecule has 0 aromatic carbocycles. The van der Waals surface area contributed by atoms with Crippen LogP contribution in [0.15, 0.2) is 23.3 Å². The lowest BCUT2D eigenvalue weighted by Gasteiger charge is -2.57. The summed E-state index contributed by atoms with van der Waals surface area (Å²) in [6.07, 6.45) is 6.51. The Morgan fingerprint density at radius 3 is 2.62 bits per heavy atom. The van der Waals surface area contributed by atoms with Gasteiger partial charge in [-0.1, -0.05) is 26.3 Å². The fourth-order valence-corrected chi connectivity index (χ4v) is 5.16. The minimum absolute atomic E-state index is 0.00434. The molecule has 132 valence electrons. The van der Waals surface area contributed by atoms with Crippen molar-refractivity contribution in [2.24, 2.45) is 22.7 Å². The van der Waals surface area contributed by atoms with Crippen molar-refractivity contribution in [3.8, 4) is 0 Å². The fourth-order valence-electron chi connectivity index (χ4n) is 5.16. The van der Waals surface area contributed by atoms with Crippen LogP contribution in [0.4, 0.5) is 0 Å². The molecule has 24 heavy (non-hydrogen) atoms. The third-order valence-corrected chi connectivity index (χ3v) is 7.27. The van der Waals surface area contributed by atoms with Gasteiger partial charge in [0, 0.05) is 18.1 Å². The van der Waals surface area contributed by atoms with Gasteiger partial charge in [-0.05, 0) is 61.3 Å². The van der Waals surface area contributed by atoms with Gasteiger partial charge in [-0.3, -0.25) is 4.79 Å². The predicted octanol–water partition coefficient (Wildman–Crippen LogP) is 3.55. The number of carbonyl (C=O) groups excluding carboxylic acids is 2. The largest absolute Gasteiger partial charge is 0.429 e. The zero-order valence-electron chi connectivity index (χ0n) is 15.1. The van der Waals surface area contributed by atoms with Gasteiger partial charge in [0.05, 0.1) is 0 Å². The first-order chi connectivity index (χ1) is 11.2. The maximum atomic E-state index is 12.2. The third kappa shape index (κ3) is 2.65. The molecular formula is C20H28O4.